The molecule has 2 N–H and O–H groups in total. The summed E-state index contributed by atoms with van der Waals surface area (Å²) in [7, 11) is 6.10. The fourth-order valence-electron chi connectivity index (χ4n) is 7.97. The summed E-state index contributed by atoms with van der Waals surface area (Å²) in [6.45, 7) is 13.6. The zero-order valence-electron chi connectivity index (χ0n) is 32.3. The molecule has 11 heteroatoms. The van der Waals surface area contributed by atoms with Gasteiger partial charge in [0.05, 0.1) is 29.3 Å². The number of piperazine rings is 2. The van der Waals surface area contributed by atoms with Gasteiger partial charge in [-0.1, -0.05) is 23.2 Å². The van der Waals surface area contributed by atoms with E-state index in [4.69, 9.17) is 37.9 Å². The van der Waals surface area contributed by atoms with Crippen molar-refractivity contribution in [2.45, 2.75) is 38.5 Å². The van der Waals surface area contributed by atoms with Crippen molar-refractivity contribution >= 4 is 67.3 Å². The lowest BCUT2D eigenvalue weighted by atomic mass is 9.92. The van der Waals surface area contributed by atoms with Crippen molar-refractivity contribution in [2.24, 2.45) is 0 Å². The number of likely N-dealkylation sites (N-methyl/N-ethyl adjacent to an activating group) is 2. The molecule has 4 heterocycles. The Morgan fingerprint density at radius 1 is 0.611 bits per heavy atom. The van der Waals surface area contributed by atoms with Crippen molar-refractivity contribution in [3.05, 3.63) is 75.9 Å². The second kappa shape index (κ2) is 18.5. The highest BCUT2D eigenvalue weighted by Gasteiger charge is 2.20. The molecule has 3 aliphatic rings. The van der Waals surface area contributed by atoms with Gasteiger partial charge in [0, 0.05) is 110 Å². The monoisotopic (exact) mass is 770 g/mol. The Labute approximate surface area is 330 Å². The summed E-state index contributed by atoms with van der Waals surface area (Å²) in [5.74, 6) is 0.839. The number of unbranched alkanes of at least 4 members (excludes halogenated alkanes) is 1. The minimum Gasteiger partial charge on any atom is -0.497 e. The quantitative estimate of drug-likeness (QED) is 0.103. The van der Waals surface area contributed by atoms with Crippen LogP contribution >= 0.6 is 23.2 Å². The summed E-state index contributed by atoms with van der Waals surface area (Å²) in [4.78, 5) is 19.6. The van der Waals surface area contributed by atoms with E-state index in [9.17, 15) is 0 Å². The number of nitrogens with zero attached hydrogens (tertiary/aromatic N) is 6. The van der Waals surface area contributed by atoms with E-state index in [1.54, 1.807) is 7.11 Å². The van der Waals surface area contributed by atoms with Crippen LogP contribution in [0.2, 0.25) is 10.0 Å². The topological polar surface area (TPSA) is 72.0 Å². The van der Waals surface area contributed by atoms with Gasteiger partial charge in [-0.3, -0.25) is 9.88 Å². The molecule has 54 heavy (non-hydrogen) atoms. The summed E-state index contributed by atoms with van der Waals surface area (Å²) in [6.07, 6.45) is 7.07. The Morgan fingerprint density at radius 3 is 1.91 bits per heavy atom. The van der Waals surface area contributed by atoms with Crippen LogP contribution < -0.4 is 15.4 Å². The average molecular weight is 772 g/mol. The summed E-state index contributed by atoms with van der Waals surface area (Å²) >= 11 is 12.4. The molecule has 0 saturated carbocycles. The summed E-state index contributed by atoms with van der Waals surface area (Å²) in [6, 6.07) is 18.0. The van der Waals surface area contributed by atoms with Crippen LogP contribution in [-0.4, -0.2) is 129 Å². The maximum absolute atomic E-state index is 6.21. The molecule has 2 fully saturated rings. The predicted octanol–water partition coefficient (Wildman–Crippen LogP) is 7.92. The van der Waals surface area contributed by atoms with E-state index < -0.39 is 0 Å². The van der Waals surface area contributed by atoms with Gasteiger partial charge in [0.25, 0.3) is 0 Å². The van der Waals surface area contributed by atoms with Crippen molar-refractivity contribution in [2.75, 3.05) is 110 Å². The minimum absolute atomic E-state index is 0.705. The van der Waals surface area contributed by atoms with Gasteiger partial charge < -0.3 is 30.1 Å². The number of methoxy groups -OCH3 is 1. The zero-order chi connectivity index (χ0) is 37.4. The number of anilines is 2. The first-order chi connectivity index (χ1) is 26.3. The highest BCUT2D eigenvalue weighted by molar-refractivity contribution is 6.31. The molecule has 0 atom stereocenters. The molecular formula is C43H56Cl2N8O. The fourth-order valence-corrected chi connectivity index (χ4v) is 8.30. The standard InChI is InChI=1S/C23H29ClN4O.C20H27ClN4/c1-27-11-13-28(14-12-27)10-4-3-9-25-23-19-7-5-17(24)15-22(19)26-21-8-6-18(29-2)16-20(21)23;1-24-10-12-25(13-11-24)9-8-22-20-16-4-2-3-5-18(16)23-19-14-15(21)6-7-17(19)20/h5-8,15-16H,3-4,9-14H2,1-2H3,(H,25,26);6-7,14H,2-5,8-13H2,1H3,(H,22,23). The van der Waals surface area contributed by atoms with Crippen LogP contribution in [0.3, 0.4) is 0 Å². The molecule has 2 aliphatic heterocycles. The largest absolute Gasteiger partial charge is 0.497 e. The number of rotatable bonds is 11. The second-order valence-electron chi connectivity index (χ2n) is 15.2. The fraction of sp³-hybridized carbons (Fsp3) is 0.488. The second-order valence-corrected chi connectivity index (χ2v) is 16.0. The van der Waals surface area contributed by atoms with Crippen molar-refractivity contribution < 1.29 is 4.74 Å². The maximum Gasteiger partial charge on any atom is 0.119 e. The van der Waals surface area contributed by atoms with Gasteiger partial charge in [-0.2, -0.15) is 0 Å². The average Bonchev–Trinajstić information content (AvgIpc) is 3.18. The number of pyridine rings is 2. The number of hydrogen-bond acceptors (Lipinski definition) is 9. The van der Waals surface area contributed by atoms with Gasteiger partial charge in [-0.05, 0) is 119 Å². The number of aromatic nitrogens is 2. The minimum atomic E-state index is 0.705. The van der Waals surface area contributed by atoms with Crippen LogP contribution in [0.5, 0.6) is 5.75 Å². The summed E-state index contributed by atoms with van der Waals surface area (Å²) in [5.41, 5.74) is 7.99. The molecule has 288 valence electrons. The number of ether oxygens (including phenoxy) is 1. The Balaban J connectivity index is 0.000000168. The first-order valence-electron chi connectivity index (χ1n) is 19.8. The van der Waals surface area contributed by atoms with E-state index in [1.165, 1.54) is 100 Å². The van der Waals surface area contributed by atoms with Crippen LogP contribution in [0.15, 0.2) is 54.6 Å². The molecule has 1 aliphatic carbocycles. The molecule has 9 nitrogen and oxygen atoms in total. The highest BCUT2D eigenvalue weighted by atomic mass is 35.5. The lowest BCUT2D eigenvalue weighted by Crippen LogP contribution is -2.45. The molecular weight excluding hydrogens is 715 g/mol. The number of hydrogen-bond donors (Lipinski definition) is 2. The molecule has 2 aromatic heterocycles. The van der Waals surface area contributed by atoms with Crippen molar-refractivity contribution in [1.29, 1.82) is 0 Å². The first kappa shape index (κ1) is 38.8. The third-order valence-corrected chi connectivity index (χ3v) is 11.8. The predicted molar refractivity (Wildman–Crippen MR) is 228 cm³/mol. The van der Waals surface area contributed by atoms with Gasteiger partial charge in [-0.15, -0.1) is 0 Å². The van der Waals surface area contributed by atoms with Crippen LogP contribution in [0.4, 0.5) is 11.4 Å². The first-order valence-corrected chi connectivity index (χ1v) is 20.6. The SMILES string of the molecule is CN1CCN(CCNc2c3c(nc4cc(Cl)ccc24)CCCC3)CC1.COc1ccc2nc3cc(Cl)ccc3c(NCCCCN3CCN(C)CC3)c2c1. The molecule has 3 aromatic carbocycles. The van der Waals surface area contributed by atoms with E-state index in [2.05, 4.69) is 62.5 Å². The summed E-state index contributed by atoms with van der Waals surface area (Å²) in [5, 5.41) is 12.3. The van der Waals surface area contributed by atoms with E-state index in [-0.39, 0.29) is 0 Å². The Kier molecular flexibility index (Phi) is 13.3. The normalized spacial score (nSPS) is 17.4. The van der Waals surface area contributed by atoms with Crippen LogP contribution in [-0.2, 0) is 12.8 Å². The maximum atomic E-state index is 6.21. The molecule has 0 unspecified atom stereocenters. The molecule has 5 aromatic rings. The Hall–Kier alpha value is -3.44. The van der Waals surface area contributed by atoms with Crippen LogP contribution in [0, 0.1) is 0 Å². The number of halogens is 2. The van der Waals surface area contributed by atoms with Crippen molar-refractivity contribution in [3.8, 4) is 5.75 Å². The lowest BCUT2D eigenvalue weighted by molar-refractivity contribution is 0.152. The van der Waals surface area contributed by atoms with Crippen molar-refractivity contribution in [1.82, 2.24) is 29.6 Å². The summed E-state index contributed by atoms with van der Waals surface area (Å²) < 4.78 is 5.44. The Bertz CT molecular complexity index is 2030. The van der Waals surface area contributed by atoms with Gasteiger partial charge >= 0.3 is 0 Å². The molecule has 0 radical (unpaired) electrons. The lowest BCUT2D eigenvalue weighted by Gasteiger charge is -2.32. The van der Waals surface area contributed by atoms with E-state index >= 15 is 0 Å². The molecule has 0 bridgehead atoms. The van der Waals surface area contributed by atoms with Gasteiger partial charge in [-0.25, -0.2) is 4.98 Å². The van der Waals surface area contributed by atoms with E-state index in [1.807, 2.05) is 36.4 Å². The highest BCUT2D eigenvalue weighted by Crippen LogP contribution is 2.35. The third kappa shape index (κ3) is 9.67. The number of nitrogens with one attached hydrogen (secondary N) is 2. The Morgan fingerprint density at radius 2 is 1.22 bits per heavy atom. The number of aryl methyl sites for hydroxylation is 1. The smallest absolute Gasteiger partial charge is 0.119 e. The molecule has 2 saturated heterocycles. The van der Waals surface area contributed by atoms with Gasteiger partial charge in [0.15, 0.2) is 0 Å². The molecule has 0 amide bonds. The van der Waals surface area contributed by atoms with E-state index in [0.717, 1.165) is 82.7 Å². The van der Waals surface area contributed by atoms with Crippen LogP contribution in [0.1, 0.15) is 36.9 Å². The van der Waals surface area contributed by atoms with Crippen molar-refractivity contribution in [3.63, 3.8) is 0 Å². The van der Waals surface area contributed by atoms with Gasteiger partial charge in [0.2, 0.25) is 0 Å². The number of fused-ring (bicyclic) bond motifs is 4. The molecule has 8 rings (SSSR count). The van der Waals surface area contributed by atoms with E-state index in [0.29, 0.717) is 5.02 Å². The number of benzene rings is 3. The van der Waals surface area contributed by atoms with Crippen LogP contribution in [0.25, 0.3) is 32.7 Å². The molecule has 0 spiro atoms. The zero-order valence-corrected chi connectivity index (χ0v) is 33.8. The van der Waals surface area contributed by atoms with Gasteiger partial charge in [0.1, 0.15) is 5.75 Å². The third-order valence-electron chi connectivity index (χ3n) is 11.3.